The van der Waals surface area contributed by atoms with Gasteiger partial charge in [-0.3, -0.25) is 9.69 Å². The number of aryl methyl sites for hydroxylation is 1. The van der Waals surface area contributed by atoms with E-state index in [2.05, 4.69) is 20.9 Å². The van der Waals surface area contributed by atoms with E-state index in [4.69, 9.17) is 0 Å². The number of hydrogen-bond donors (Lipinski definition) is 1. The Hall–Kier alpha value is -2.21. The van der Waals surface area contributed by atoms with Crippen molar-refractivity contribution in [2.75, 3.05) is 18.4 Å². The molecule has 2 aromatic rings. The van der Waals surface area contributed by atoms with E-state index in [-0.39, 0.29) is 24.2 Å². The van der Waals surface area contributed by atoms with Crippen molar-refractivity contribution in [1.82, 2.24) is 9.47 Å². The van der Waals surface area contributed by atoms with Crippen LogP contribution in [-0.4, -0.2) is 28.5 Å². The van der Waals surface area contributed by atoms with E-state index in [9.17, 15) is 13.6 Å². The number of amides is 1. The van der Waals surface area contributed by atoms with Gasteiger partial charge in [-0.2, -0.15) is 0 Å². The molecule has 0 aliphatic carbocycles. The Kier molecular flexibility index (Phi) is 4.43. The number of benzene rings is 1. The molecule has 0 bridgehead atoms. The van der Waals surface area contributed by atoms with Crippen molar-refractivity contribution in [2.45, 2.75) is 18.9 Å². The fraction of sp³-hybridized carbons (Fsp3) is 0.353. The minimum absolute atomic E-state index is 0.214. The molecule has 1 saturated heterocycles. The maximum atomic E-state index is 13.2. The van der Waals surface area contributed by atoms with Gasteiger partial charge in [0.1, 0.15) is 0 Å². The van der Waals surface area contributed by atoms with Gasteiger partial charge in [0.15, 0.2) is 11.6 Å². The first kappa shape index (κ1) is 15.7. The minimum atomic E-state index is -0.967. The monoisotopic (exact) mass is 319 g/mol. The van der Waals surface area contributed by atoms with E-state index in [1.165, 1.54) is 11.8 Å². The average Bonchev–Trinajstić information content (AvgIpc) is 3.11. The number of carbonyl (C=O) groups excluding carboxylic acids is 1. The molecule has 4 nitrogen and oxygen atoms in total. The fourth-order valence-corrected chi connectivity index (χ4v) is 3.13. The maximum absolute atomic E-state index is 13.2. The first-order chi connectivity index (χ1) is 11.0. The van der Waals surface area contributed by atoms with Crippen LogP contribution in [0, 0.1) is 11.6 Å². The smallest absolute Gasteiger partial charge is 0.238 e. The van der Waals surface area contributed by atoms with Gasteiger partial charge in [0, 0.05) is 30.7 Å². The van der Waals surface area contributed by atoms with Crippen LogP contribution in [0.1, 0.15) is 24.6 Å². The Labute approximate surface area is 133 Å². The van der Waals surface area contributed by atoms with Crippen LogP contribution in [0.25, 0.3) is 0 Å². The van der Waals surface area contributed by atoms with E-state index in [0.29, 0.717) is 0 Å². The molecule has 0 spiro atoms. The van der Waals surface area contributed by atoms with E-state index in [0.717, 1.165) is 31.5 Å². The third kappa shape index (κ3) is 3.42. The molecular weight excluding hydrogens is 300 g/mol. The third-order valence-electron chi connectivity index (χ3n) is 4.24. The van der Waals surface area contributed by atoms with Gasteiger partial charge in [-0.15, -0.1) is 0 Å². The SMILES string of the molecule is Cn1cccc1[C@H]1CCCN1CC(=O)Nc1ccc(F)c(F)c1. The highest BCUT2D eigenvalue weighted by molar-refractivity contribution is 5.92. The lowest BCUT2D eigenvalue weighted by Gasteiger charge is -2.24. The topological polar surface area (TPSA) is 37.3 Å². The van der Waals surface area contributed by atoms with Gasteiger partial charge in [-0.05, 0) is 43.7 Å². The van der Waals surface area contributed by atoms with E-state index in [1.54, 1.807) is 0 Å². The Morgan fingerprint density at radius 3 is 2.83 bits per heavy atom. The number of nitrogens with one attached hydrogen (secondary N) is 1. The summed E-state index contributed by atoms with van der Waals surface area (Å²) in [5, 5.41) is 2.62. The van der Waals surface area contributed by atoms with Crippen LogP contribution in [0.15, 0.2) is 36.5 Å². The second-order valence-electron chi connectivity index (χ2n) is 5.85. The van der Waals surface area contributed by atoms with Crippen molar-refractivity contribution in [3.05, 3.63) is 53.9 Å². The van der Waals surface area contributed by atoms with Crippen molar-refractivity contribution in [2.24, 2.45) is 7.05 Å². The molecule has 1 aromatic heterocycles. The lowest BCUT2D eigenvalue weighted by molar-refractivity contribution is -0.117. The van der Waals surface area contributed by atoms with Crippen LogP contribution in [0.3, 0.4) is 0 Å². The van der Waals surface area contributed by atoms with Gasteiger partial charge >= 0.3 is 0 Å². The normalized spacial score (nSPS) is 18.3. The summed E-state index contributed by atoms with van der Waals surface area (Å²) < 4.78 is 28.2. The average molecular weight is 319 g/mol. The minimum Gasteiger partial charge on any atom is -0.353 e. The molecule has 3 rings (SSSR count). The largest absolute Gasteiger partial charge is 0.353 e. The molecule has 1 atom stereocenters. The number of likely N-dealkylation sites (tertiary alicyclic amines) is 1. The van der Waals surface area contributed by atoms with Crippen LogP contribution in [0.5, 0.6) is 0 Å². The van der Waals surface area contributed by atoms with Crippen LogP contribution in [0.2, 0.25) is 0 Å². The molecule has 2 heterocycles. The molecule has 1 aliphatic heterocycles. The van der Waals surface area contributed by atoms with Crippen molar-refractivity contribution in [3.8, 4) is 0 Å². The zero-order valence-corrected chi connectivity index (χ0v) is 12.9. The number of aromatic nitrogens is 1. The maximum Gasteiger partial charge on any atom is 0.238 e. The molecule has 1 aliphatic rings. The number of carbonyl (C=O) groups is 1. The van der Waals surface area contributed by atoms with Gasteiger partial charge in [0.25, 0.3) is 0 Å². The molecule has 1 N–H and O–H groups in total. The Morgan fingerprint density at radius 2 is 2.13 bits per heavy atom. The number of hydrogen-bond acceptors (Lipinski definition) is 2. The molecule has 1 aromatic carbocycles. The highest BCUT2D eigenvalue weighted by atomic mass is 19.2. The summed E-state index contributed by atoms with van der Waals surface area (Å²) in [6.45, 7) is 1.08. The second-order valence-corrected chi connectivity index (χ2v) is 5.85. The predicted octanol–water partition coefficient (Wildman–Crippen LogP) is 3.08. The van der Waals surface area contributed by atoms with Crippen molar-refractivity contribution < 1.29 is 13.6 Å². The number of anilines is 1. The molecule has 122 valence electrons. The summed E-state index contributed by atoms with van der Waals surface area (Å²) in [7, 11) is 1.99. The summed E-state index contributed by atoms with van der Waals surface area (Å²) in [5.74, 6) is -2.12. The molecule has 23 heavy (non-hydrogen) atoms. The van der Waals surface area contributed by atoms with Crippen molar-refractivity contribution in [1.29, 1.82) is 0 Å². The lowest BCUT2D eigenvalue weighted by Crippen LogP contribution is -2.33. The summed E-state index contributed by atoms with van der Waals surface area (Å²) in [5.41, 5.74) is 1.45. The standard InChI is InChI=1S/C17H19F2N3O/c1-21-8-2-4-15(21)16-5-3-9-22(16)11-17(23)20-12-6-7-13(18)14(19)10-12/h2,4,6-8,10,16H,3,5,9,11H2,1H3,(H,20,23)/t16-/m1/s1. The molecule has 0 unspecified atom stereocenters. The third-order valence-corrected chi connectivity index (χ3v) is 4.24. The summed E-state index contributed by atoms with van der Waals surface area (Å²) >= 11 is 0. The summed E-state index contributed by atoms with van der Waals surface area (Å²) in [6, 6.07) is 7.63. The second kappa shape index (κ2) is 6.50. The number of halogens is 2. The van der Waals surface area contributed by atoms with Crippen molar-refractivity contribution >= 4 is 11.6 Å². The number of rotatable bonds is 4. The number of nitrogens with zero attached hydrogens (tertiary/aromatic N) is 2. The Balaban J connectivity index is 1.65. The van der Waals surface area contributed by atoms with Gasteiger partial charge in [0.05, 0.1) is 12.6 Å². The molecule has 1 amide bonds. The van der Waals surface area contributed by atoms with Crippen molar-refractivity contribution in [3.63, 3.8) is 0 Å². The van der Waals surface area contributed by atoms with E-state index < -0.39 is 11.6 Å². The quantitative estimate of drug-likeness (QED) is 0.940. The molecular formula is C17H19F2N3O. The molecule has 0 radical (unpaired) electrons. The molecule has 0 saturated carbocycles. The van der Waals surface area contributed by atoms with Gasteiger partial charge in [-0.1, -0.05) is 0 Å². The highest BCUT2D eigenvalue weighted by Gasteiger charge is 2.28. The molecule has 1 fully saturated rings. The van der Waals surface area contributed by atoms with E-state index >= 15 is 0 Å². The Morgan fingerprint density at radius 1 is 1.30 bits per heavy atom. The zero-order chi connectivity index (χ0) is 16.4. The predicted molar refractivity (Wildman–Crippen MR) is 83.9 cm³/mol. The Bertz CT molecular complexity index is 714. The highest BCUT2D eigenvalue weighted by Crippen LogP contribution is 2.31. The van der Waals surface area contributed by atoms with Gasteiger partial charge in [0.2, 0.25) is 5.91 Å². The first-order valence-corrected chi connectivity index (χ1v) is 7.65. The lowest BCUT2D eigenvalue weighted by atomic mass is 10.1. The van der Waals surface area contributed by atoms with E-state index in [1.807, 2.05) is 19.3 Å². The van der Waals surface area contributed by atoms with Crippen LogP contribution < -0.4 is 5.32 Å². The fourth-order valence-electron chi connectivity index (χ4n) is 3.13. The first-order valence-electron chi connectivity index (χ1n) is 7.65. The van der Waals surface area contributed by atoms with Gasteiger partial charge in [-0.25, -0.2) is 8.78 Å². The summed E-state index contributed by atoms with van der Waals surface area (Å²) in [4.78, 5) is 14.3. The van der Waals surface area contributed by atoms with Crippen LogP contribution in [0.4, 0.5) is 14.5 Å². The van der Waals surface area contributed by atoms with Gasteiger partial charge < -0.3 is 9.88 Å². The zero-order valence-electron chi connectivity index (χ0n) is 12.9. The van der Waals surface area contributed by atoms with Crippen LogP contribution >= 0.6 is 0 Å². The van der Waals surface area contributed by atoms with Crippen LogP contribution in [-0.2, 0) is 11.8 Å². The molecule has 6 heteroatoms. The summed E-state index contributed by atoms with van der Waals surface area (Å²) in [6.07, 6.45) is 4.04.